The zero-order valence-corrected chi connectivity index (χ0v) is 18.0. The van der Waals surface area contributed by atoms with Crippen LogP contribution in [-0.4, -0.2) is 30.0 Å². The zero-order chi connectivity index (χ0) is 20.3. The van der Waals surface area contributed by atoms with Crippen LogP contribution in [0.2, 0.25) is 0 Å². The van der Waals surface area contributed by atoms with Gasteiger partial charge in [-0.25, -0.2) is 4.79 Å². The number of carbonyl (C=O) groups excluding carboxylic acids is 2. The van der Waals surface area contributed by atoms with Gasteiger partial charge in [0.15, 0.2) is 6.61 Å². The summed E-state index contributed by atoms with van der Waals surface area (Å²) < 4.78 is 13.4. The van der Waals surface area contributed by atoms with Gasteiger partial charge in [-0.2, -0.15) is 0 Å². The summed E-state index contributed by atoms with van der Waals surface area (Å²) in [6.45, 7) is 3.52. The standard InChI is InChI=1S/C22H20INO4/c1-14-12-20(15(2)24(14)18-8-10-19(27-3)11-9-18)21(25)13-28-22(26)16-4-6-17(23)7-5-16/h4-12H,13H2,1-3H3. The maximum Gasteiger partial charge on any atom is 0.338 e. The van der Waals surface area contributed by atoms with Crippen LogP contribution >= 0.6 is 22.6 Å². The van der Waals surface area contributed by atoms with Crippen LogP contribution in [0.1, 0.15) is 32.1 Å². The fourth-order valence-electron chi connectivity index (χ4n) is 3.05. The first-order chi connectivity index (χ1) is 13.4. The average Bonchev–Trinajstić information content (AvgIpc) is 3.00. The van der Waals surface area contributed by atoms with E-state index in [9.17, 15) is 9.59 Å². The number of hydrogen-bond acceptors (Lipinski definition) is 4. The molecule has 0 amide bonds. The van der Waals surface area contributed by atoms with Gasteiger partial charge in [0.25, 0.3) is 0 Å². The summed E-state index contributed by atoms with van der Waals surface area (Å²) in [5, 5.41) is 0. The molecule has 144 valence electrons. The van der Waals surface area contributed by atoms with Crippen molar-refractivity contribution in [2.45, 2.75) is 13.8 Å². The molecule has 0 atom stereocenters. The molecule has 0 spiro atoms. The molecule has 6 heteroatoms. The number of aromatic nitrogens is 1. The molecule has 0 bridgehead atoms. The number of carbonyl (C=O) groups is 2. The van der Waals surface area contributed by atoms with Gasteiger partial charge < -0.3 is 14.0 Å². The van der Waals surface area contributed by atoms with Gasteiger partial charge >= 0.3 is 5.97 Å². The highest BCUT2D eigenvalue weighted by molar-refractivity contribution is 14.1. The normalized spacial score (nSPS) is 10.6. The Kier molecular flexibility index (Phi) is 6.18. The number of Topliss-reactive ketones (excluding diaryl/α,β-unsaturated/α-hetero) is 1. The topological polar surface area (TPSA) is 57.5 Å². The average molecular weight is 489 g/mol. The Morgan fingerprint density at radius 1 is 1.00 bits per heavy atom. The molecule has 0 aliphatic carbocycles. The van der Waals surface area contributed by atoms with Crippen molar-refractivity contribution in [3.05, 3.63) is 80.7 Å². The lowest BCUT2D eigenvalue weighted by Gasteiger charge is -2.11. The number of ketones is 1. The summed E-state index contributed by atoms with van der Waals surface area (Å²) in [5.74, 6) is 0.0328. The third-order valence-corrected chi connectivity index (χ3v) is 5.20. The lowest BCUT2D eigenvalue weighted by atomic mass is 10.1. The number of nitrogens with zero attached hydrogens (tertiary/aromatic N) is 1. The maximum atomic E-state index is 12.6. The second-order valence-electron chi connectivity index (χ2n) is 6.32. The van der Waals surface area contributed by atoms with Gasteiger partial charge in [-0.05, 0) is 91.0 Å². The SMILES string of the molecule is COc1ccc(-n2c(C)cc(C(=O)COC(=O)c3ccc(I)cc3)c2C)cc1. The van der Waals surface area contributed by atoms with Gasteiger partial charge in [0.2, 0.25) is 5.78 Å². The molecule has 2 aromatic carbocycles. The summed E-state index contributed by atoms with van der Waals surface area (Å²) in [6.07, 6.45) is 0. The minimum Gasteiger partial charge on any atom is -0.497 e. The fraction of sp³-hybridized carbons (Fsp3) is 0.182. The zero-order valence-electron chi connectivity index (χ0n) is 15.9. The van der Waals surface area contributed by atoms with E-state index in [-0.39, 0.29) is 12.4 Å². The van der Waals surface area contributed by atoms with Gasteiger partial charge in [0.05, 0.1) is 12.7 Å². The molecule has 1 heterocycles. The predicted molar refractivity (Wildman–Crippen MR) is 116 cm³/mol. The van der Waals surface area contributed by atoms with Crippen molar-refractivity contribution in [2.24, 2.45) is 0 Å². The van der Waals surface area contributed by atoms with Crippen LogP contribution in [0.4, 0.5) is 0 Å². The van der Waals surface area contributed by atoms with E-state index in [1.54, 1.807) is 19.2 Å². The van der Waals surface area contributed by atoms with E-state index >= 15 is 0 Å². The van der Waals surface area contributed by atoms with E-state index in [4.69, 9.17) is 9.47 Å². The maximum absolute atomic E-state index is 12.6. The Morgan fingerprint density at radius 2 is 1.64 bits per heavy atom. The van der Waals surface area contributed by atoms with Crippen molar-refractivity contribution in [3.63, 3.8) is 0 Å². The van der Waals surface area contributed by atoms with Crippen LogP contribution in [0.3, 0.4) is 0 Å². The van der Waals surface area contributed by atoms with Crippen molar-refractivity contribution in [3.8, 4) is 11.4 Å². The van der Waals surface area contributed by atoms with Gasteiger partial charge in [-0.15, -0.1) is 0 Å². The quantitative estimate of drug-likeness (QED) is 0.285. The highest BCUT2D eigenvalue weighted by Gasteiger charge is 2.18. The second kappa shape index (κ2) is 8.60. The Hall–Kier alpha value is -2.61. The molecule has 28 heavy (non-hydrogen) atoms. The smallest absolute Gasteiger partial charge is 0.338 e. The monoisotopic (exact) mass is 489 g/mol. The van der Waals surface area contributed by atoms with Crippen molar-refractivity contribution in [1.29, 1.82) is 0 Å². The summed E-state index contributed by atoms with van der Waals surface area (Å²) in [6, 6.07) is 16.4. The number of esters is 1. The first-order valence-corrected chi connectivity index (χ1v) is 9.78. The van der Waals surface area contributed by atoms with Crippen molar-refractivity contribution >= 4 is 34.3 Å². The summed E-state index contributed by atoms with van der Waals surface area (Å²) in [7, 11) is 1.62. The largest absolute Gasteiger partial charge is 0.497 e. The Morgan fingerprint density at radius 3 is 2.25 bits per heavy atom. The number of hydrogen-bond donors (Lipinski definition) is 0. The summed E-state index contributed by atoms with van der Waals surface area (Å²) in [5.41, 5.74) is 3.64. The number of halogens is 1. The third kappa shape index (κ3) is 4.27. The van der Waals surface area contributed by atoms with E-state index in [2.05, 4.69) is 22.6 Å². The van der Waals surface area contributed by atoms with Gasteiger partial charge in [0.1, 0.15) is 5.75 Å². The van der Waals surface area contributed by atoms with E-state index in [0.717, 1.165) is 26.4 Å². The fourth-order valence-corrected chi connectivity index (χ4v) is 3.41. The first-order valence-electron chi connectivity index (χ1n) is 8.70. The van der Waals surface area contributed by atoms with Crippen LogP contribution in [0, 0.1) is 17.4 Å². The molecular weight excluding hydrogens is 469 g/mol. The molecule has 0 saturated heterocycles. The van der Waals surface area contributed by atoms with Crippen LogP contribution < -0.4 is 4.74 Å². The number of aryl methyl sites for hydroxylation is 1. The van der Waals surface area contributed by atoms with E-state index < -0.39 is 5.97 Å². The highest BCUT2D eigenvalue weighted by atomic mass is 127. The number of rotatable bonds is 6. The first kappa shape index (κ1) is 20.1. The Balaban J connectivity index is 1.75. The molecule has 1 aromatic heterocycles. The second-order valence-corrected chi connectivity index (χ2v) is 7.57. The minimum atomic E-state index is -0.506. The molecule has 0 aliphatic heterocycles. The molecule has 3 aromatic rings. The van der Waals surface area contributed by atoms with E-state index in [0.29, 0.717) is 11.1 Å². The number of ether oxygens (including phenoxy) is 2. The van der Waals surface area contributed by atoms with Crippen LogP contribution in [0.15, 0.2) is 54.6 Å². The molecule has 0 fully saturated rings. The van der Waals surface area contributed by atoms with Gasteiger partial charge in [0, 0.05) is 26.2 Å². The van der Waals surface area contributed by atoms with Crippen LogP contribution in [0.25, 0.3) is 5.69 Å². The Labute approximate surface area is 177 Å². The minimum absolute atomic E-state index is 0.230. The van der Waals surface area contributed by atoms with Crippen LogP contribution in [-0.2, 0) is 4.74 Å². The molecule has 0 radical (unpaired) electrons. The number of benzene rings is 2. The highest BCUT2D eigenvalue weighted by Crippen LogP contribution is 2.23. The van der Waals surface area contributed by atoms with Crippen molar-refractivity contribution in [2.75, 3.05) is 13.7 Å². The summed E-state index contributed by atoms with van der Waals surface area (Å²) in [4.78, 5) is 24.8. The van der Waals surface area contributed by atoms with Gasteiger partial charge in [-0.1, -0.05) is 0 Å². The number of methoxy groups -OCH3 is 1. The van der Waals surface area contributed by atoms with Crippen molar-refractivity contribution in [1.82, 2.24) is 4.57 Å². The van der Waals surface area contributed by atoms with E-state index in [1.165, 1.54) is 0 Å². The molecular formula is C22H20INO4. The predicted octanol–water partition coefficient (Wildman–Crippen LogP) is 4.75. The summed E-state index contributed by atoms with van der Waals surface area (Å²) >= 11 is 2.16. The Bertz CT molecular complexity index is 1000. The van der Waals surface area contributed by atoms with E-state index in [1.807, 2.05) is 60.9 Å². The lowest BCUT2D eigenvalue weighted by Crippen LogP contribution is -2.15. The molecule has 0 unspecified atom stereocenters. The third-order valence-electron chi connectivity index (χ3n) is 4.48. The molecule has 0 N–H and O–H groups in total. The molecule has 3 rings (SSSR count). The molecule has 0 aliphatic rings. The molecule has 0 saturated carbocycles. The van der Waals surface area contributed by atoms with Crippen molar-refractivity contribution < 1.29 is 19.1 Å². The van der Waals surface area contributed by atoms with Gasteiger partial charge in [-0.3, -0.25) is 4.79 Å². The molecule has 5 nitrogen and oxygen atoms in total. The lowest BCUT2D eigenvalue weighted by molar-refractivity contribution is 0.0474. The van der Waals surface area contributed by atoms with Crippen LogP contribution in [0.5, 0.6) is 5.75 Å².